The average molecular weight is 208 g/mol. The molecular weight excluding hydrogens is 188 g/mol. The Bertz CT molecular complexity index is 219. The predicted molar refractivity (Wildman–Crippen MR) is 54.1 cm³/mol. The fourth-order valence-corrected chi connectivity index (χ4v) is 1.85. The van der Waals surface area contributed by atoms with Crippen molar-refractivity contribution in [3.05, 3.63) is 0 Å². The molecule has 0 saturated heterocycles. The molecule has 0 aliphatic heterocycles. The number of hydrogen-bond acceptors (Lipinski definition) is 3. The van der Waals surface area contributed by atoms with Gasteiger partial charge in [0.25, 0.3) is 10.1 Å². The maximum Gasteiger partial charge on any atom is 0.264 e. The molecule has 0 amide bonds. The van der Waals surface area contributed by atoms with Crippen LogP contribution in [0.5, 0.6) is 0 Å². The molecule has 0 heterocycles. The minimum absolute atomic E-state index is 0.186. The first-order valence-corrected chi connectivity index (χ1v) is 6.51. The van der Waals surface area contributed by atoms with Crippen LogP contribution in [0.2, 0.25) is 0 Å². The Morgan fingerprint density at radius 1 is 1.15 bits per heavy atom. The van der Waals surface area contributed by atoms with Gasteiger partial charge in [0, 0.05) is 0 Å². The van der Waals surface area contributed by atoms with Gasteiger partial charge in [-0.3, -0.25) is 4.18 Å². The highest BCUT2D eigenvalue weighted by atomic mass is 32.2. The van der Waals surface area contributed by atoms with Crippen LogP contribution in [0.1, 0.15) is 40.0 Å². The second kappa shape index (κ2) is 5.60. The maximum absolute atomic E-state index is 10.7. The first kappa shape index (κ1) is 12.9. The lowest BCUT2D eigenvalue weighted by molar-refractivity contribution is 0.214. The van der Waals surface area contributed by atoms with E-state index in [-0.39, 0.29) is 6.10 Å². The summed E-state index contributed by atoms with van der Waals surface area (Å²) >= 11 is 0. The minimum Gasteiger partial charge on any atom is -0.267 e. The summed E-state index contributed by atoms with van der Waals surface area (Å²) in [7, 11) is -3.27. The third-order valence-corrected chi connectivity index (χ3v) is 2.41. The summed E-state index contributed by atoms with van der Waals surface area (Å²) < 4.78 is 26.2. The summed E-state index contributed by atoms with van der Waals surface area (Å²) in [4.78, 5) is 0. The van der Waals surface area contributed by atoms with Crippen molar-refractivity contribution in [2.24, 2.45) is 5.92 Å². The van der Waals surface area contributed by atoms with Crippen molar-refractivity contribution >= 4 is 10.1 Å². The maximum atomic E-state index is 10.7. The van der Waals surface area contributed by atoms with E-state index in [2.05, 4.69) is 13.8 Å². The van der Waals surface area contributed by atoms with E-state index in [1.807, 2.05) is 0 Å². The van der Waals surface area contributed by atoms with Gasteiger partial charge in [0.05, 0.1) is 12.4 Å². The third-order valence-electron chi connectivity index (χ3n) is 1.73. The summed E-state index contributed by atoms with van der Waals surface area (Å²) in [5.41, 5.74) is 0. The molecule has 0 bridgehead atoms. The lowest BCUT2D eigenvalue weighted by atomic mass is 10.1. The molecule has 13 heavy (non-hydrogen) atoms. The topological polar surface area (TPSA) is 43.4 Å². The Kier molecular flexibility index (Phi) is 5.56. The van der Waals surface area contributed by atoms with Gasteiger partial charge >= 0.3 is 0 Å². The van der Waals surface area contributed by atoms with Crippen LogP contribution in [0.25, 0.3) is 0 Å². The highest BCUT2D eigenvalue weighted by Gasteiger charge is 2.09. The van der Waals surface area contributed by atoms with Crippen molar-refractivity contribution in [1.82, 2.24) is 0 Å². The molecule has 0 fully saturated rings. The van der Waals surface area contributed by atoms with Gasteiger partial charge in [-0.25, -0.2) is 0 Å². The van der Waals surface area contributed by atoms with Gasteiger partial charge in [0.2, 0.25) is 0 Å². The van der Waals surface area contributed by atoms with Crippen molar-refractivity contribution < 1.29 is 12.6 Å². The average Bonchev–Trinajstić information content (AvgIpc) is 1.81. The van der Waals surface area contributed by atoms with E-state index in [1.165, 1.54) is 0 Å². The summed E-state index contributed by atoms with van der Waals surface area (Å²) in [5, 5.41) is 0. The zero-order chi connectivity index (χ0) is 10.5. The second-order valence-electron chi connectivity index (χ2n) is 3.94. The third kappa shape index (κ3) is 9.83. The summed E-state index contributed by atoms with van der Waals surface area (Å²) in [5.74, 6) is 0.672. The van der Waals surface area contributed by atoms with Gasteiger partial charge in [0.1, 0.15) is 0 Å². The molecule has 4 heteroatoms. The minimum atomic E-state index is -3.27. The highest BCUT2D eigenvalue weighted by molar-refractivity contribution is 7.86. The first-order valence-electron chi connectivity index (χ1n) is 4.69. The largest absolute Gasteiger partial charge is 0.267 e. The smallest absolute Gasteiger partial charge is 0.264 e. The quantitative estimate of drug-likeness (QED) is 0.628. The van der Waals surface area contributed by atoms with Crippen molar-refractivity contribution in [2.75, 3.05) is 6.26 Å². The Labute approximate surface area is 81.6 Å². The second-order valence-corrected chi connectivity index (χ2v) is 5.54. The van der Waals surface area contributed by atoms with Gasteiger partial charge < -0.3 is 0 Å². The molecule has 0 spiro atoms. The summed E-state index contributed by atoms with van der Waals surface area (Å²) in [6, 6.07) is 0. The summed E-state index contributed by atoms with van der Waals surface area (Å²) in [6.07, 6.45) is 3.86. The predicted octanol–water partition coefficient (Wildman–Crippen LogP) is 2.18. The number of hydrogen-bond donors (Lipinski definition) is 0. The molecule has 3 nitrogen and oxygen atoms in total. The van der Waals surface area contributed by atoms with E-state index < -0.39 is 10.1 Å². The number of rotatable bonds is 6. The molecule has 0 aliphatic rings. The first-order chi connectivity index (χ1) is 5.81. The molecule has 0 radical (unpaired) electrons. The molecule has 80 valence electrons. The summed E-state index contributed by atoms with van der Waals surface area (Å²) in [6.45, 7) is 6.10. The molecule has 0 aliphatic carbocycles. The Morgan fingerprint density at radius 2 is 1.69 bits per heavy atom. The Hall–Kier alpha value is -0.0900. The van der Waals surface area contributed by atoms with Gasteiger partial charge in [-0.15, -0.1) is 0 Å². The molecule has 0 N–H and O–H groups in total. The normalized spacial score (nSPS) is 14.8. The van der Waals surface area contributed by atoms with E-state index in [9.17, 15) is 8.42 Å². The molecule has 1 atom stereocenters. The van der Waals surface area contributed by atoms with Crippen molar-refractivity contribution in [3.63, 3.8) is 0 Å². The van der Waals surface area contributed by atoms with Crippen molar-refractivity contribution in [2.45, 2.75) is 46.1 Å². The zero-order valence-electron chi connectivity index (χ0n) is 8.91. The lowest BCUT2D eigenvalue weighted by Gasteiger charge is -2.11. The van der Waals surface area contributed by atoms with Crippen LogP contribution in [0.3, 0.4) is 0 Å². The van der Waals surface area contributed by atoms with Gasteiger partial charge in [-0.2, -0.15) is 8.42 Å². The monoisotopic (exact) mass is 208 g/mol. The molecule has 0 aromatic heterocycles. The van der Waals surface area contributed by atoms with E-state index in [0.29, 0.717) is 5.92 Å². The molecule has 0 saturated carbocycles. The molecule has 0 aromatic rings. The van der Waals surface area contributed by atoms with Crippen molar-refractivity contribution in [3.8, 4) is 0 Å². The Morgan fingerprint density at radius 3 is 2.08 bits per heavy atom. The SMILES string of the molecule is CC(C)CCCC(C)OS(C)(=O)=O. The van der Waals surface area contributed by atoms with E-state index in [1.54, 1.807) is 6.92 Å². The lowest BCUT2D eigenvalue weighted by Crippen LogP contribution is -2.13. The van der Waals surface area contributed by atoms with Crippen LogP contribution < -0.4 is 0 Å². The molecule has 0 rings (SSSR count). The molecule has 1 unspecified atom stereocenters. The standard InChI is InChI=1S/C9H20O3S/c1-8(2)6-5-7-9(3)12-13(4,10)11/h8-9H,5-7H2,1-4H3. The van der Waals surface area contributed by atoms with E-state index in [4.69, 9.17) is 4.18 Å². The van der Waals surface area contributed by atoms with Crippen LogP contribution in [-0.2, 0) is 14.3 Å². The van der Waals surface area contributed by atoms with E-state index >= 15 is 0 Å². The van der Waals surface area contributed by atoms with Crippen LogP contribution in [0.4, 0.5) is 0 Å². The van der Waals surface area contributed by atoms with E-state index in [0.717, 1.165) is 25.5 Å². The zero-order valence-corrected chi connectivity index (χ0v) is 9.73. The van der Waals surface area contributed by atoms with Crippen LogP contribution in [-0.4, -0.2) is 20.8 Å². The Balaban J connectivity index is 3.58. The van der Waals surface area contributed by atoms with Crippen LogP contribution in [0.15, 0.2) is 0 Å². The van der Waals surface area contributed by atoms with Gasteiger partial charge in [0.15, 0.2) is 0 Å². The van der Waals surface area contributed by atoms with Gasteiger partial charge in [-0.05, 0) is 19.3 Å². The fraction of sp³-hybridized carbons (Fsp3) is 1.00. The van der Waals surface area contributed by atoms with Gasteiger partial charge in [-0.1, -0.05) is 26.7 Å². The van der Waals surface area contributed by atoms with Crippen LogP contribution >= 0.6 is 0 Å². The van der Waals surface area contributed by atoms with Crippen molar-refractivity contribution in [1.29, 1.82) is 0 Å². The van der Waals surface area contributed by atoms with Crippen LogP contribution in [0, 0.1) is 5.92 Å². The fourth-order valence-electron chi connectivity index (χ4n) is 1.16. The molecular formula is C9H20O3S. The highest BCUT2D eigenvalue weighted by Crippen LogP contribution is 2.11. The molecule has 0 aromatic carbocycles.